The van der Waals surface area contributed by atoms with E-state index in [1.807, 2.05) is 35.0 Å². The predicted molar refractivity (Wildman–Crippen MR) is 77.5 cm³/mol. The van der Waals surface area contributed by atoms with Crippen molar-refractivity contribution >= 4 is 11.6 Å². The minimum Gasteiger partial charge on any atom is -0.327 e. The van der Waals surface area contributed by atoms with Crippen molar-refractivity contribution in [3.05, 3.63) is 43.0 Å². The molecule has 1 saturated carbocycles. The molecule has 1 aliphatic carbocycles. The van der Waals surface area contributed by atoms with Crippen molar-refractivity contribution in [2.75, 3.05) is 5.32 Å². The molecule has 1 atom stereocenters. The molecule has 3 rings (SSSR count). The summed E-state index contributed by atoms with van der Waals surface area (Å²) in [5.74, 6) is 0.501. The number of nitrogens with zero attached hydrogens (tertiary/aromatic N) is 2. The molecular formula is C15H18N4O. The van der Waals surface area contributed by atoms with Crippen LogP contribution in [0.25, 0.3) is 5.69 Å². The fourth-order valence-corrected chi connectivity index (χ4v) is 2.31. The average molecular weight is 270 g/mol. The van der Waals surface area contributed by atoms with Gasteiger partial charge in [0, 0.05) is 24.9 Å². The van der Waals surface area contributed by atoms with Crippen LogP contribution in [0, 0.1) is 5.92 Å². The van der Waals surface area contributed by atoms with Gasteiger partial charge < -0.3 is 15.6 Å². The molecule has 1 aromatic carbocycles. The monoisotopic (exact) mass is 270 g/mol. The molecule has 0 spiro atoms. The maximum Gasteiger partial charge on any atom is 0.226 e. The second-order valence-electron chi connectivity index (χ2n) is 5.24. The van der Waals surface area contributed by atoms with Gasteiger partial charge in [0.1, 0.15) is 0 Å². The lowest BCUT2D eigenvalue weighted by Gasteiger charge is -2.13. The third-order valence-corrected chi connectivity index (χ3v) is 3.61. The molecule has 0 saturated heterocycles. The topological polar surface area (TPSA) is 72.9 Å². The van der Waals surface area contributed by atoms with Gasteiger partial charge in [-0.3, -0.25) is 4.79 Å². The van der Waals surface area contributed by atoms with E-state index >= 15 is 0 Å². The van der Waals surface area contributed by atoms with Crippen molar-refractivity contribution in [1.29, 1.82) is 0 Å². The number of para-hydroxylation sites is 2. The highest BCUT2D eigenvalue weighted by atomic mass is 16.1. The molecule has 1 aromatic heterocycles. The van der Waals surface area contributed by atoms with Crippen LogP contribution in [0.4, 0.5) is 5.69 Å². The quantitative estimate of drug-likeness (QED) is 0.872. The highest BCUT2D eigenvalue weighted by molar-refractivity contribution is 5.93. The maximum atomic E-state index is 12.1. The summed E-state index contributed by atoms with van der Waals surface area (Å²) in [6.45, 7) is 0. The minimum atomic E-state index is -0.0306. The third-order valence-electron chi connectivity index (χ3n) is 3.61. The lowest BCUT2D eigenvalue weighted by atomic mass is 10.1. The fraction of sp³-hybridized carbons (Fsp3) is 0.333. The van der Waals surface area contributed by atoms with Gasteiger partial charge in [-0.25, -0.2) is 4.98 Å². The zero-order valence-electron chi connectivity index (χ0n) is 11.2. The molecule has 5 heteroatoms. The van der Waals surface area contributed by atoms with E-state index in [0.29, 0.717) is 12.3 Å². The first-order valence-electron chi connectivity index (χ1n) is 6.87. The summed E-state index contributed by atoms with van der Waals surface area (Å²) >= 11 is 0. The minimum absolute atomic E-state index is 0.0181. The van der Waals surface area contributed by atoms with Gasteiger partial charge >= 0.3 is 0 Å². The zero-order valence-corrected chi connectivity index (χ0v) is 11.2. The Kier molecular flexibility index (Phi) is 3.52. The van der Waals surface area contributed by atoms with Crippen LogP contribution in [0.5, 0.6) is 0 Å². The summed E-state index contributed by atoms with van der Waals surface area (Å²) in [6.07, 6.45) is 7.95. The van der Waals surface area contributed by atoms with Crippen LogP contribution in [0.3, 0.4) is 0 Å². The van der Waals surface area contributed by atoms with Gasteiger partial charge in [-0.05, 0) is 30.9 Å². The number of nitrogens with two attached hydrogens (primary N) is 1. The number of rotatable bonds is 5. The van der Waals surface area contributed by atoms with E-state index in [2.05, 4.69) is 10.3 Å². The van der Waals surface area contributed by atoms with Crippen molar-refractivity contribution in [3.63, 3.8) is 0 Å². The Balaban J connectivity index is 1.72. The molecule has 0 radical (unpaired) electrons. The van der Waals surface area contributed by atoms with E-state index < -0.39 is 0 Å². The first-order chi connectivity index (χ1) is 9.74. The van der Waals surface area contributed by atoms with Gasteiger partial charge in [-0.2, -0.15) is 0 Å². The number of anilines is 1. The summed E-state index contributed by atoms with van der Waals surface area (Å²) in [5.41, 5.74) is 7.67. The lowest BCUT2D eigenvalue weighted by molar-refractivity contribution is -0.116. The lowest BCUT2D eigenvalue weighted by Crippen LogP contribution is -2.29. The molecule has 1 aliphatic rings. The van der Waals surface area contributed by atoms with Crippen LogP contribution >= 0.6 is 0 Å². The highest BCUT2D eigenvalue weighted by Crippen LogP contribution is 2.33. The van der Waals surface area contributed by atoms with E-state index in [0.717, 1.165) is 24.2 Å². The molecule has 1 heterocycles. The number of hydrogen-bond donors (Lipinski definition) is 2. The number of hydrogen-bond acceptors (Lipinski definition) is 3. The normalized spacial score (nSPS) is 15.8. The van der Waals surface area contributed by atoms with Gasteiger partial charge in [0.05, 0.1) is 17.7 Å². The molecule has 20 heavy (non-hydrogen) atoms. The van der Waals surface area contributed by atoms with E-state index in [9.17, 15) is 4.79 Å². The van der Waals surface area contributed by atoms with E-state index in [1.165, 1.54) is 0 Å². The van der Waals surface area contributed by atoms with Gasteiger partial charge in [0.15, 0.2) is 0 Å². The molecule has 0 aliphatic heterocycles. The van der Waals surface area contributed by atoms with Crippen molar-refractivity contribution in [1.82, 2.24) is 9.55 Å². The van der Waals surface area contributed by atoms with Gasteiger partial charge in [-0.15, -0.1) is 0 Å². The molecule has 1 unspecified atom stereocenters. The van der Waals surface area contributed by atoms with Crippen LogP contribution < -0.4 is 11.1 Å². The standard InChI is InChI=1S/C15H18N4O/c16-12(11-5-6-11)9-15(20)18-13-3-1-2-4-14(13)19-8-7-17-10-19/h1-4,7-8,10-12H,5-6,9,16H2,(H,18,20). The van der Waals surface area contributed by atoms with Crippen molar-refractivity contribution < 1.29 is 4.79 Å². The number of amides is 1. The SMILES string of the molecule is NC(CC(=O)Nc1ccccc1-n1ccnc1)C1CC1. The zero-order chi connectivity index (χ0) is 13.9. The number of imidazole rings is 1. The summed E-state index contributed by atoms with van der Waals surface area (Å²) in [7, 11) is 0. The molecule has 0 bridgehead atoms. The van der Waals surface area contributed by atoms with Crippen LogP contribution in [0.2, 0.25) is 0 Å². The predicted octanol–water partition coefficient (Wildman–Crippen LogP) is 1.94. The Labute approximate surface area is 117 Å². The van der Waals surface area contributed by atoms with Gasteiger partial charge in [0.2, 0.25) is 5.91 Å². The Hall–Kier alpha value is -2.14. The number of carbonyl (C=O) groups excluding carboxylic acids is 1. The number of benzene rings is 1. The molecular weight excluding hydrogens is 252 g/mol. The maximum absolute atomic E-state index is 12.1. The molecule has 2 aromatic rings. The molecule has 1 fully saturated rings. The van der Waals surface area contributed by atoms with Crippen LogP contribution in [0.1, 0.15) is 19.3 Å². The molecule has 1 amide bonds. The van der Waals surface area contributed by atoms with E-state index in [1.54, 1.807) is 12.5 Å². The highest BCUT2D eigenvalue weighted by Gasteiger charge is 2.29. The molecule has 104 valence electrons. The summed E-state index contributed by atoms with van der Waals surface area (Å²) in [6, 6.07) is 7.64. The van der Waals surface area contributed by atoms with Crippen LogP contribution in [0.15, 0.2) is 43.0 Å². The summed E-state index contributed by atoms with van der Waals surface area (Å²) in [5, 5.41) is 2.94. The summed E-state index contributed by atoms with van der Waals surface area (Å²) < 4.78 is 1.87. The fourth-order valence-electron chi connectivity index (χ4n) is 2.31. The Morgan fingerprint density at radius 3 is 2.95 bits per heavy atom. The number of aromatic nitrogens is 2. The Morgan fingerprint density at radius 2 is 2.25 bits per heavy atom. The van der Waals surface area contributed by atoms with Crippen LogP contribution in [-0.4, -0.2) is 21.5 Å². The molecule has 5 nitrogen and oxygen atoms in total. The third kappa shape index (κ3) is 2.88. The average Bonchev–Trinajstić information content (AvgIpc) is 3.15. The smallest absolute Gasteiger partial charge is 0.226 e. The second kappa shape index (κ2) is 5.46. The first-order valence-corrected chi connectivity index (χ1v) is 6.87. The Morgan fingerprint density at radius 1 is 1.45 bits per heavy atom. The van der Waals surface area contributed by atoms with Crippen molar-refractivity contribution in [2.24, 2.45) is 11.7 Å². The Bertz CT molecular complexity index is 590. The van der Waals surface area contributed by atoms with Gasteiger partial charge in [-0.1, -0.05) is 12.1 Å². The molecule has 3 N–H and O–H groups in total. The van der Waals surface area contributed by atoms with Crippen molar-refractivity contribution in [2.45, 2.75) is 25.3 Å². The van der Waals surface area contributed by atoms with E-state index in [-0.39, 0.29) is 11.9 Å². The second-order valence-corrected chi connectivity index (χ2v) is 5.24. The largest absolute Gasteiger partial charge is 0.327 e. The number of nitrogens with one attached hydrogen (secondary N) is 1. The van der Waals surface area contributed by atoms with E-state index in [4.69, 9.17) is 5.73 Å². The number of carbonyl (C=O) groups is 1. The van der Waals surface area contributed by atoms with Crippen molar-refractivity contribution in [3.8, 4) is 5.69 Å². The first kappa shape index (κ1) is 12.9. The summed E-state index contributed by atoms with van der Waals surface area (Å²) in [4.78, 5) is 16.1. The van der Waals surface area contributed by atoms with Crippen LogP contribution in [-0.2, 0) is 4.79 Å². The van der Waals surface area contributed by atoms with Gasteiger partial charge in [0.25, 0.3) is 0 Å².